The largest absolute Gasteiger partial charge is 0.271 e. The van der Waals surface area contributed by atoms with Gasteiger partial charge in [0.25, 0.3) is 0 Å². The molecule has 3 nitrogen and oxygen atoms in total. The highest BCUT2D eigenvalue weighted by atomic mass is 15.2. The van der Waals surface area contributed by atoms with Crippen LogP contribution in [0.25, 0.3) is 0 Å². The number of hydrogen-bond acceptors (Lipinski definition) is 3. The molecule has 0 bridgehead atoms. The van der Waals surface area contributed by atoms with Gasteiger partial charge in [0.1, 0.15) is 0 Å². The first-order valence-electron chi connectivity index (χ1n) is 7.18. The number of pyridine rings is 1. The summed E-state index contributed by atoms with van der Waals surface area (Å²) in [6.07, 6.45) is 11.4. The molecule has 1 atom stereocenters. The van der Waals surface area contributed by atoms with Crippen LogP contribution in [-0.2, 0) is 0 Å². The number of hydrazine groups is 1. The molecule has 1 fully saturated rings. The van der Waals surface area contributed by atoms with Gasteiger partial charge in [0.15, 0.2) is 0 Å². The van der Waals surface area contributed by atoms with Gasteiger partial charge in [0.05, 0.1) is 0 Å². The Kier molecular flexibility index (Phi) is 5.14. The van der Waals surface area contributed by atoms with Crippen molar-refractivity contribution >= 4 is 0 Å². The highest BCUT2D eigenvalue weighted by Gasteiger charge is 2.18. The van der Waals surface area contributed by atoms with Crippen molar-refractivity contribution in [2.45, 2.75) is 57.9 Å². The van der Waals surface area contributed by atoms with Gasteiger partial charge in [-0.15, -0.1) is 0 Å². The Morgan fingerprint density at radius 2 is 2.00 bits per heavy atom. The van der Waals surface area contributed by atoms with Crippen LogP contribution in [0.4, 0.5) is 0 Å². The molecule has 0 aromatic carbocycles. The average molecular weight is 247 g/mol. The highest BCUT2D eigenvalue weighted by Crippen LogP contribution is 2.30. The van der Waals surface area contributed by atoms with Crippen molar-refractivity contribution < 1.29 is 0 Å². The average Bonchev–Trinajstić information content (AvgIpc) is 2.66. The molecule has 1 unspecified atom stereocenters. The van der Waals surface area contributed by atoms with E-state index < -0.39 is 0 Å². The third-order valence-corrected chi connectivity index (χ3v) is 4.08. The van der Waals surface area contributed by atoms with Crippen LogP contribution in [0.15, 0.2) is 18.3 Å². The van der Waals surface area contributed by atoms with E-state index in [1.165, 1.54) is 44.1 Å². The van der Waals surface area contributed by atoms with E-state index in [4.69, 9.17) is 5.84 Å². The van der Waals surface area contributed by atoms with E-state index >= 15 is 0 Å². The fraction of sp³-hybridized carbons (Fsp3) is 0.667. The maximum atomic E-state index is 5.72. The van der Waals surface area contributed by atoms with Gasteiger partial charge < -0.3 is 0 Å². The summed E-state index contributed by atoms with van der Waals surface area (Å²) in [5, 5.41) is 0. The van der Waals surface area contributed by atoms with Gasteiger partial charge in [-0.2, -0.15) is 0 Å². The molecule has 2 rings (SSSR count). The van der Waals surface area contributed by atoms with Gasteiger partial charge >= 0.3 is 0 Å². The number of rotatable bonds is 4. The molecule has 0 aliphatic heterocycles. The number of aryl methyl sites for hydroxylation is 1. The molecule has 1 saturated carbocycles. The van der Waals surface area contributed by atoms with Crippen LogP contribution in [0.2, 0.25) is 0 Å². The van der Waals surface area contributed by atoms with E-state index in [9.17, 15) is 0 Å². The smallest absolute Gasteiger partial charge is 0.0477 e. The van der Waals surface area contributed by atoms with Crippen molar-refractivity contribution in [2.75, 3.05) is 0 Å². The van der Waals surface area contributed by atoms with Gasteiger partial charge in [0, 0.05) is 17.9 Å². The summed E-state index contributed by atoms with van der Waals surface area (Å²) in [7, 11) is 0. The Morgan fingerprint density at radius 3 is 2.56 bits per heavy atom. The molecule has 3 N–H and O–H groups in total. The molecule has 1 aromatic heterocycles. The first-order chi connectivity index (χ1) is 8.79. The number of nitrogens with two attached hydrogens (primary N) is 1. The zero-order chi connectivity index (χ0) is 12.8. The number of aromatic nitrogens is 1. The zero-order valence-corrected chi connectivity index (χ0v) is 11.4. The van der Waals surface area contributed by atoms with E-state index in [1.807, 2.05) is 13.1 Å². The van der Waals surface area contributed by atoms with Crippen LogP contribution in [-0.4, -0.2) is 4.98 Å². The monoisotopic (exact) mass is 247 g/mol. The van der Waals surface area contributed by atoms with Crippen molar-refractivity contribution in [3.05, 3.63) is 29.6 Å². The summed E-state index contributed by atoms with van der Waals surface area (Å²) >= 11 is 0. The molecule has 1 heterocycles. The van der Waals surface area contributed by atoms with Crippen LogP contribution >= 0.6 is 0 Å². The summed E-state index contributed by atoms with van der Waals surface area (Å²) in [6.45, 7) is 2.01. The third kappa shape index (κ3) is 3.79. The molecule has 0 spiro atoms. The lowest BCUT2D eigenvalue weighted by atomic mass is 9.90. The normalized spacial score (nSPS) is 19.4. The summed E-state index contributed by atoms with van der Waals surface area (Å²) in [4.78, 5) is 4.36. The van der Waals surface area contributed by atoms with Crippen molar-refractivity contribution in [3.8, 4) is 0 Å². The molecular formula is C15H25N3. The van der Waals surface area contributed by atoms with Crippen molar-refractivity contribution in [1.82, 2.24) is 10.4 Å². The lowest BCUT2D eigenvalue weighted by Gasteiger charge is -2.22. The predicted octanol–water partition coefficient (Wildman–Crippen LogP) is 3.25. The van der Waals surface area contributed by atoms with Gasteiger partial charge in [0.2, 0.25) is 0 Å². The van der Waals surface area contributed by atoms with Gasteiger partial charge in [-0.3, -0.25) is 16.3 Å². The van der Waals surface area contributed by atoms with Crippen LogP contribution in [0, 0.1) is 12.8 Å². The standard InChI is InChI=1S/C15H25N3/c1-12-8-9-14(11-17-12)15(18-16)10-13-6-4-2-3-5-7-13/h8-9,11,13,15,18H,2-7,10,16H2,1H3. The van der Waals surface area contributed by atoms with Crippen molar-refractivity contribution in [3.63, 3.8) is 0 Å². The predicted molar refractivity (Wildman–Crippen MR) is 74.8 cm³/mol. The first kappa shape index (κ1) is 13.5. The maximum Gasteiger partial charge on any atom is 0.0477 e. The second kappa shape index (κ2) is 6.86. The minimum absolute atomic E-state index is 0.251. The van der Waals surface area contributed by atoms with Gasteiger partial charge in [-0.1, -0.05) is 44.6 Å². The Labute approximate surface area is 110 Å². The van der Waals surface area contributed by atoms with E-state index in [0.29, 0.717) is 0 Å². The van der Waals surface area contributed by atoms with E-state index in [0.717, 1.165) is 18.0 Å². The molecule has 3 heteroatoms. The minimum atomic E-state index is 0.251. The Bertz CT molecular complexity index is 339. The Balaban J connectivity index is 1.97. The Morgan fingerprint density at radius 1 is 1.28 bits per heavy atom. The van der Waals surface area contributed by atoms with Crippen LogP contribution in [0.1, 0.15) is 62.2 Å². The Hall–Kier alpha value is -0.930. The number of hydrogen-bond donors (Lipinski definition) is 2. The first-order valence-corrected chi connectivity index (χ1v) is 7.18. The summed E-state index contributed by atoms with van der Waals surface area (Å²) < 4.78 is 0. The summed E-state index contributed by atoms with van der Waals surface area (Å²) in [5.41, 5.74) is 5.24. The van der Waals surface area contributed by atoms with E-state index in [2.05, 4.69) is 22.5 Å². The van der Waals surface area contributed by atoms with E-state index in [1.54, 1.807) is 0 Å². The van der Waals surface area contributed by atoms with E-state index in [-0.39, 0.29) is 6.04 Å². The van der Waals surface area contributed by atoms with Crippen LogP contribution in [0.5, 0.6) is 0 Å². The second-order valence-corrected chi connectivity index (χ2v) is 5.55. The molecule has 1 aliphatic carbocycles. The summed E-state index contributed by atoms with van der Waals surface area (Å²) in [5.74, 6) is 6.54. The lowest BCUT2D eigenvalue weighted by Crippen LogP contribution is -2.29. The van der Waals surface area contributed by atoms with Crippen molar-refractivity contribution in [1.29, 1.82) is 0 Å². The quantitative estimate of drug-likeness (QED) is 0.488. The lowest BCUT2D eigenvalue weighted by molar-refractivity contribution is 0.358. The number of nitrogens with one attached hydrogen (secondary N) is 1. The fourth-order valence-corrected chi connectivity index (χ4v) is 2.92. The summed E-state index contributed by atoms with van der Waals surface area (Å²) in [6, 6.07) is 4.46. The minimum Gasteiger partial charge on any atom is -0.271 e. The zero-order valence-electron chi connectivity index (χ0n) is 11.4. The SMILES string of the molecule is Cc1ccc(C(CC2CCCCCC2)NN)cn1. The molecule has 0 radical (unpaired) electrons. The second-order valence-electron chi connectivity index (χ2n) is 5.55. The molecule has 18 heavy (non-hydrogen) atoms. The van der Waals surface area contributed by atoms with Crippen molar-refractivity contribution in [2.24, 2.45) is 11.8 Å². The third-order valence-electron chi connectivity index (χ3n) is 4.08. The van der Waals surface area contributed by atoms with Gasteiger partial charge in [-0.25, -0.2) is 0 Å². The van der Waals surface area contributed by atoms with Gasteiger partial charge in [-0.05, 0) is 30.9 Å². The highest BCUT2D eigenvalue weighted by molar-refractivity contribution is 5.17. The molecule has 1 aliphatic rings. The molecule has 1 aromatic rings. The topological polar surface area (TPSA) is 50.9 Å². The molecule has 100 valence electrons. The molecule has 0 saturated heterocycles. The molecule has 0 amide bonds. The fourth-order valence-electron chi connectivity index (χ4n) is 2.92. The van der Waals surface area contributed by atoms with Crippen LogP contribution < -0.4 is 11.3 Å². The maximum absolute atomic E-state index is 5.72. The van der Waals surface area contributed by atoms with Crippen LogP contribution in [0.3, 0.4) is 0 Å². The molecular weight excluding hydrogens is 222 g/mol. The number of nitrogens with zero attached hydrogens (tertiary/aromatic N) is 1.